The number of amides is 1. The number of aromatic nitrogens is 5. The van der Waals surface area contributed by atoms with Crippen molar-refractivity contribution in [2.45, 2.75) is 6.54 Å². The highest BCUT2D eigenvalue weighted by atomic mass is 16.5. The minimum absolute atomic E-state index is 0.0978. The van der Waals surface area contributed by atoms with Crippen LogP contribution in [-0.4, -0.2) is 37.2 Å². The van der Waals surface area contributed by atoms with E-state index in [4.69, 9.17) is 4.74 Å². The third kappa shape index (κ3) is 3.39. The van der Waals surface area contributed by atoms with E-state index in [1.54, 1.807) is 23.3 Å². The Labute approximate surface area is 148 Å². The lowest BCUT2D eigenvalue weighted by atomic mass is 10.3. The summed E-state index contributed by atoms with van der Waals surface area (Å²) in [6.45, 7) is 0.212. The molecule has 8 heteroatoms. The highest BCUT2D eigenvalue weighted by Crippen LogP contribution is 2.21. The molecule has 2 heterocycles. The molecule has 130 valence electrons. The maximum Gasteiger partial charge on any atom is 0.258 e. The van der Waals surface area contributed by atoms with Gasteiger partial charge in [0.05, 0.1) is 23.3 Å². The van der Waals surface area contributed by atoms with Gasteiger partial charge in [0.25, 0.3) is 5.91 Å². The SMILES string of the molecule is O=C(COc1ccccc1-n1cnnc1)NCc1nc2ccccc2[nH]1. The molecule has 26 heavy (non-hydrogen) atoms. The topological polar surface area (TPSA) is 97.7 Å². The second-order valence-corrected chi connectivity index (χ2v) is 5.60. The Morgan fingerprint density at radius 1 is 1.08 bits per heavy atom. The van der Waals surface area contributed by atoms with Crippen molar-refractivity contribution in [1.82, 2.24) is 30.0 Å². The van der Waals surface area contributed by atoms with Crippen molar-refractivity contribution in [3.8, 4) is 11.4 Å². The first-order chi connectivity index (χ1) is 12.8. The number of carbonyl (C=O) groups is 1. The Hall–Kier alpha value is -3.68. The zero-order valence-electron chi connectivity index (χ0n) is 13.8. The molecular weight excluding hydrogens is 332 g/mol. The second-order valence-electron chi connectivity index (χ2n) is 5.60. The van der Waals surface area contributed by atoms with Crippen molar-refractivity contribution >= 4 is 16.9 Å². The summed E-state index contributed by atoms with van der Waals surface area (Å²) in [6, 6.07) is 15.1. The number of aromatic amines is 1. The third-order valence-electron chi connectivity index (χ3n) is 3.81. The molecule has 4 rings (SSSR count). The van der Waals surface area contributed by atoms with Crippen LogP contribution in [0.3, 0.4) is 0 Å². The number of carbonyl (C=O) groups excluding carboxylic acids is 1. The lowest BCUT2D eigenvalue weighted by Crippen LogP contribution is -2.29. The number of imidazole rings is 1. The molecule has 0 bridgehead atoms. The molecule has 8 nitrogen and oxygen atoms in total. The van der Waals surface area contributed by atoms with Crippen LogP contribution in [0.4, 0.5) is 0 Å². The number of nitrogens with one attached hydrogen (secondary N) is 2. The van der Waals surface area contributed by atoms with E-state index in [2.05, 4.69) is 25.5 Å². The zero-order chi connectivity index (χ0) is 17.8. The van der Waals surface area contributed by atoms with E-state index in [0.29, 0.717) is 18.1 Å². The largest absolute Gasteiger partial charge is 0.482 e. The molecule has 0 unspecified atom stereocenters. The van der Waals surface area contributed by atoms with Crippen LogP contribution in [0.15, 0.2) is 61.2 Å². The first kappa shape index (κ1) is 15.8. The number of hydrogen-bond donors (Lipinski definition) is 2. The van der Waals surface area contributed by atoms with E-state index in [9.17, 15) is 4.79 Å². The van der Waals surface area contributed by atoms with Gasteiger partial charge in [0.2, 0.25) is 0 Å². The van der Waals surface area contributed by atoms with E-state index >= 15 is 0 Å². The van der Waals surface area contributed by atoms with Crippen molar-refractivity contribution in [2.75, 3.05) is 6.61 Å². The number of fused-ring (bicyclic) bond motifs is 1. The van der Waals surface area contributed by atoms with Crippen LogP contribution < -0.4 is 10.1 Å². The van der Waals surface area contributed by atoms with Gasteiger partial charge in [-0.2, -0.15) is 0 Å². The van der Waals surface area contributed by atoms with Crippen molar-refractivity contribution in [1.29, 1.82) is 0 Å². The van der Waals surface area contributed by atoms with Gasteiger partial charge < -0.3 is 15.0 Å². The summed E-state index contributed by atoms with van der Waals surface area (Å²) in [5.41, 5.74) is 2.58. The molecule has 1 amide bonds. The summed E-state index contributed by atoms with van der Waals surface area (Å²) < 4.78 is 7.37. The fourth-order valence-corrected chi connectivity index (χ4v) is 2.58. The molecule has 2 N–H and O–H groups in total. The molecule has 0 radical (unpaired) electrons. The van der Waals surface area contributed by atoms with E-state index in [0.717, 1.165) is 16.7 Å². The summed E-state index contributed by atoms with van der Waals surface area (Å²) in [5, 5.41) is 10.4. The number of nitrogens with zero attached hydrogens (tertiary/aromatic N) is 4. The van der Waals surface area contributed by atoms with Gasteiger partial charge >= 0.3 is 0 Å². The molecule has 0 aliphatic heterocycles. The molecule has 0 aliphatic rings. The van der Waals surface area contributed by atoms with E-state index < -0.39 is 0 Å². The number of para-hydroxylation sites is 4. The quantitative estimate of drug-likeness (QED) is 0.554. The number of ether oxygens (including phenoxy) is 1. The fraction of sp³-hybridized carbons (Fsp3) is 0.111. The normalized spacial score (nSPS) is 10.8. The summed E-state index contributed by atoms with van der Waals surface area (Å²) in [6.07, 6.45) is 3.15. The average molecular weight is 348 g/mol. The summed E-state index contributed by atoms with van der Waals surface area (Å²) >= 11 is 0. The first-order valence-corrected chi connectivity index (χ1v) is 8.07. The predicted octanol–water partition coefficient (Wildman–Crippen LogP) is 1.84. The first-order valence-electron chi connectivity index (χ1n) is 8.07. The second kappa shape index (κ2) is 7.06. The Morgan fingerprint density at radius 2 is 1.85 bits per heavy atom. The highest BCUT2D eigenvalue weighted by molar-refractivity contribution is 5.78. The van der Waals surface area contributed by atoms with Crippen LogP contribution in [0.1, 0.15) is 5.82 Å². The maximum atomic E-state index is 12.1. The van der Waals surface area contributed by atoms with Gasteiger partial charge in [-0.15, -0.1) is 10.2 Å². The van der Waals surface area contributed by atoms with Gasteiger partial charge in [-0.05, 0) is 24.3 Å². The molecule has 4 aromatic rings. The van der Waals surface area contributed by atoms with Gasteiger partial charge in [0.1, 0.15) is 24.2 Å². The Bertz CT molecular complexity index is 992. The monoisotopic (exact) mass is 348 g/mol. The standard InChI is InChI=1S/C18H16N6O2/c25-18(19-9-17-22-13-5-1-2-6-14(13)23-17)10-26-16-8-4-3-7-15(16)24-11-20-21-12-24/h1-8,11-12H,9-10H2,(H,19,25)(H,22,23). The van der Waals surface area contributed by atoms with Gasteiger partial charge in [-0.25, -0.2) is 4.98 Å². The average Bonchev–Trinajstić information content (AvgIpc) is 3.34. The highest BCUT2D eigenvalue weighted by Gasteiger charge is 2.09. The number of hydrogen-bond acceptors (Lipinski definition) is 5. The van der Waals surface area contributed by atoms with Crippen LogP contribution in [0, 0.1) is 0 Å². The van der Waals surface area contributed by atoms with Crippen LogP contribution in [0.2, 0.25) is 0 Å². The number of rotatable bonds is 6. The van der Waals surface area contributed by atoms with Crippen molar-refractivity contribution < 1.29 is 9.53 Å². The summed E-state index contributed by atoms with van der Waals surface area (Å²) in [4.78, 5) is 19.7. The smallest absolute Gasteiger partial charge is 0.258 e. The Kier molecular flexibility index (Phi) is 4.29. The summed E-state index contributed by atoms with van der Waals surface area (Å²) in [7, 11) is 0. The van der Waals surface area contributed by atoms with Crippen LogP contribution in [0.25, 0.3) is 16.7 Å². The minimum atomic E-state index is -0.232. The Morgan fingerprint density at radius 3 is 2.69 bits per heavy atom. The molecule has 0 fully saturated rings. The zero-order valence-corrected chi connectivity index (χ0v) is 13.8. The van der Waals surface area contributed by atoms with Crippen molar-refractivity contribution in [3.05, 3.63) is 67.0 Å². The molecule has 0 spiro atoms. The van der Waals surface area contributed by atoms with Gasteiger partial charge in [0.15, 0.2) is 6.61 Å². The minimum Gasteiger partial charge on any atom is -0.482 e. The van der Waals surface area contributed by atoms with Gasteiger partial charge in [-0.1, -0.05) is 24.3 Å². The molecule has 2 aromatic carbocycles. The Balaban J connectivity index is 1.36. The third-order valence-corrected chi connectivity index (χ3v) is 3.81. The lowest BCUT2D eigenvalue weighted by Gasteiger charge is -2.11. The molecule has 0 saturated heterocycles. The maximum absolute atomic E-state index is 12.1. The molecular formula is C18H16N6O2. The lowest BCUT2D eigenvalue weighted by molar-refractivity contribution is -0.123. The van der Waals surface area contributed by atoms with Crippen LogP contribution in [-0.2, 0) is 11.3 Å². The van der Waals surface area contributed by atoms with E-state index in [-0.39, 0.29) is 12.5 Å². The van der Waals surface area contributed by atoms with Crippen molar-refractivity contribution in [3.63, 3.8) is 0 Å². The molecule has 0 saturated carbocycles. The summed E-state index contributed by atoms with van der Waals surface area (Å²) in [5.74, 6) is 1.04. The van der Waals surface area contributed by atoms with Crippen LogP contribution in [0.5, 0.6) is 5.75 Å². The number of H-pyrrole nitrogens is 1. The molecule has 0 atom stereocenters. The van der Waals surface area contributed by atoms with Gasteiger partial charge in [-0.3, -0.25) is 9.36 Å². The van der Waals surface area contributed by atoms with E-state index in [1.807, 2.05) is 42.5 Å². The van der Waals surface area contributed by atoms with Gasteiger partial charge in [0, 0.05) is 0 Å². The van der Waals surface area contributed by atoms with Crippen LogP contribution >= 0.6 is 0 Å². The molecule has 0 aliphatic carbocycles. The van der Waals surface area contributed by atoms with Crippen molar-refractivity contribution in [2.24, 2.45) is 0 Å². The molecule has 2 aromatic heterocycles. The number of benzene rings is 2. The predicted molar refractivity (Wildman–Crippen MR) is 94.8 cm³/mol. The fourth-order valence-electron chi connectivity index (χ4n) is 2.58. The van der Waals surface area contributed by atoms with E-state index in [1.165, 1.54) is 0 Å².